The molecule has 1 atom stereocenters. The summed E-state index contributed by atoms with van der Waals surface area (Å²) >= 11 is 1.75. The first-order valence-corrected chi connectivity index (χ1v) is 14.3. The van der Waals surface area contributed by atoms with Crippen molar-refractivity contribution in [3.63, 3.8) is 0 Å². The summed E-state index contributed by atoms with van der Waals surface area (Å²) in [4.78, 5) is 32.1. The molecule has 3 aromatic rings. The van der Waals surface area contributed by atoms with Gasteiger partial charge in [-0.05, 0) is 59.5 Å². The first-order chi connectivity index (χ1) is 18.1. The van der Waals surface area contributed by atoms with Crippen molar-refractivity contribution >= 4 is 23.2 Å². The lowest BCUT2D eigenvalue weighted by Gasteiger charge is -2.37. The van der Waals surface area contributed by atoms with Gasteiger partial charge in [-0.3, -0.25) is 9.59 Å². The number of methoxy groups -OCH3 is 1. The van der Waals surface area contributed by atoms with E-state index >= 15 is 0 Å². The monoisotopic (exact) mass is 518 g/mol. The summed E-state index contributed by atoms with van der Waals surface area (Å²) < 4.78 is 5.28. The first kappa shape index (κ1) is 27.1. The minimum Gasteiger partial charge on any atom is -0.383 e. The van der Waals surface area contributed by atoms with Gasteiger partial charge in [0.1, 0.15) is 6.54 Å². The summed E-state index contributed by atoms with van der Waals surface area (Å²) in [5.41, 5.74) is 4.15. The van der Waals surface area contributed by atoms with Gasteiger partial charge >= 0.3 is 0 Å². The molecule has 1 aliphatic rings. The standard InChI is InChI=1S/C31H38N2O3S/c1-3-4-5-7-10-24-13-15-26(16-14-24)31(35)32(20-21-36-2)23-29(34)33-19-17-28-27(18-22-37-28)30(33)25-11-8-6-9-12-25/h6,8-9,11-16,18,22,30H,3-5,7,10,17,19-21,23H2,1-2H3. The Morgan fingerprint density at radius 3 is 2.54 bits per heavy atom. The molecule has 4 rings (SSSR count). The number of unbranched alkanes of at least 4 members (excludes halogenated alkanes) is 3. The van der Waals surface area contributed by atoms with Crippen LogP contribution in [-0.2, 0) is 22.4 Å². The highest BCUT2D eigenvalue weighted by Crippen LogP contribution is 2.37. The van der Waals surface area contributed by atoms with Crippen LogP contribution in [0.4, 0.5) is 0 Å². The molecule has 1 unspecified atom stereocenters. The molecular formula is C31H38N2O3S. The predicted octanol–water partition coefficient (Wildman–Crippen LogP) is 6.13. The lowest BCUT2D eigenvalue weighted by molar-refractivity contribution is -0.134. The number of carbonyl (C=O) groups excluding carboxylic acids is 2. The van der Waals surface area contributed by atoms with Crippen molar-refractivity contribution in [2.45, 2.75) is 51.5 Å². The van der Waals surface area contributed by atoms with Gasteiger partial charge in [0, 0.05) is 30.6 Å². The number of amides is 2. The SMILES string of the molecule is CCCCCCc1ccc(C(=O)N(CCOC)CC(=O)N2CCc3sccc3C2c2ccccc2)cc1. The van der Waals surface area contributed by atoms with Crippen LogP contribution in [0.25, 0.3) is 0 Å². The Morgan fingerprint density at radius 1 is 1.03 bits per heavy atom. The van der Waals surface area contributed by atoms with Gasteiger partial charge in [0.25, 0.3) is 5.91 Å². The van der Waals surface area contributed by atoms with Crippen molar-refractivity contribution in [3.8, 4) is 0 Å². The third-order valence-electron chi connectivity index (χ3n) is 7.10. The molecule has 1 aliphatic heterocycles. The Bertz CT molecular complexity index is 1140. The molecule has 0 N–H and O–H groups in total. The molecule has 0 bridgehead atoms. The minimum atomic E-state index is -0.132. The largest absolute Gasteiger partial charge is 0.383 e. The van der Waals surface area contributed by atoms with Crippen molar-refractivity contribution in [1.82, 2.24) is 9.80 Å². The fourth-order valence-corrected chi connectivity index (χ4v) is 5.94. The number of carbonyl (C=O) groups is 2. The highest BCUT2D eigenvalue weighted by atomic mass is 32.1. The molecule has 0 aliphatic carbocycles. The Kier molecular flexibility index (Phi) is 9.92. The zero-order valence-electron chi connectivity index (χ0n) is 22.0. The van der Waals surface area contributed by atoms with Crippen LogP contribution in [0.1, 0.15) is 70.6 Å². The molecule has 0 spiro atoms. The summed E-state index contributed by atoms with van der Waals surface area (Å²) in [5.74, 6) is -0.171. The average molecular weight is 519 g/mol. The molecule has 37 heavy (non-hydrogen) atoms. The molecule has 0 saturated heterocycles. The van der Waals surface area contributed by atoms with Crippen molar-refractivity contribution in [3.05, 3.63) is 93.2 Å². The van der Waals surface area contributed by atoms with Gasteiger partial charge < -0.3 is 14.5 Å². The van der Waals surface area contributed by atoms with E-state index in [-0.39, 0.29) is 24.4 Å². The highest BCUT2D eigenvalue weighted by Gasteiger charge is 2.34. The van der Waals surface area contributed by atoms with E-state index in [0.717, 1.165) is 18.4 Å². The molecular weight excluding hydrogens is 480 g/mol. The molecule has 5 nitrogen and oxygen atoms in total. The van der Waals surface area contributed by atoms with E-state index in [1.807, 2.05) is 47.4 Å². The fourth-order valence-electron chi connectivity index (χ4n) is 5.04. The van der Waals surface area contributed by atoms with Crippen LogP contribution < -0.4 is 0 Å². The third-order valence-corrected chi connectivity index (χ3v) is 8.10. The number of rotatable bonds is 12. The summed E-state index contributed by atoms with van der Waals surface area (Å²) in [6.45, 7) is 3.64. The maximum atomic E-state index is 13.7. The smallest absolute Gasteiger partial charge is 0.254 e. The van der Waals surface area contributed by atoms with Crippen LogP contribution in [-0.4, -0.2) is 55.0 Å². The molecule has 0 saturated carbocycles. The van der Waals surface area contributed by atoms with Gasteiger partial charge in [-0.25, -0.2) is 0 Å². The summed E-state index contributed by atoms with van der Waals surface area (Å²) in [6, 6.07) is 20.1. The van der Waals surface area contributed by atoms with E-state index in [1.54, 1.807) is 23.3 Å². The maximum absolute atomic E-state index is 13.7. The number of hydrogen-bond donors (Lipinski definition) is 0. The molecule has 1 aromatic heterocycles. The zero-order valence-corrected chi connectivity index (χ0v) is 22.8. The number of aryl methyl sites for hydroxylation is 1. The minimum absolute atomic E-state index is 0.0315. The third kappa shape index (κ3) is 6.88. The van der Waals surface area contributed by atoms with Gasteiger partial charge in [-0.15, -0.1) is 11.3 Å². The van der Waals surface area contributed by atoms with E-state index in [4.69, 9.17) is 4.74 Å². The quantitative estimate of drug-likeness (QED) is 0.271. The lowest BCUT2D eigenvalue weighted by Crippen LogP contribution is -2.47. The maximum Gasteiger partial charge on any atom is 0.254 e. The number of thiophene rings is 1. The van der Waals surface area contributed by atoms with Gasteiger partial charge in [-0.2, -0.15) is 0 Å². The number of fused-ring (bicyclic) bond motifs is 1. The van der Waals surface area contributed by atoms with E-state index < -0.39 is 0 Å². The molecule has 2 heterocycles. The lowest BCUT2D eigenvalue weighted by atomic mass is 9.93. The van der Waals surface area contributed by atoms with Gasteiger partial charge in [0.2, 0.25) is 5.91 Å². The van der Waals surface area contributed by atoms with Crippen LogP contribution in [0, 0.1) is 0 Å². The van der Waals surface area contributed by atoms with Crippen LogP contribution in [0.3, 0.4) is 0 Å². The molecule has 2 amide bonds. The zero-order chi connectivity index (χ0) is 26.0. The Hall–Kier alpha value is -2.96. The van der Waals surface area contributed by atoms with Gasteiger partial charge in [0.05, 0.1) is 12.6 Å². The number of nitrogens with zero attached hydrogens (tertiary/aromatic N) is 2. The van der Waals surface area contributed by atoms with Crippen LogP contribution in [0.2, 0.25) is 0 Å². The second kappa shape index (κ2) is 13.5. The normalized spacial score (nSPS) is 14.9. The summed E-state index contributed by atoms with van der Waals surface area (Å²) in [5, 5.41) is 2.11. The topological polar surface area (TPSA) is 49.9 Å². The Balaban J connectivity index is 1.49. The van der Waals surface area contributed by atoms with Gasteiger partial charge in [-0.1, -0.05) is 68.7 Å². The highest BCUT2D eigenvalue weighted by molar-refractivity contribution is 7.10. The summed E-state index contributed by atoms with van der Waals surface area (Å²) in [6.07, 6.45) is 6.75. The van der Waals surface area contributed by atoms with Crippen molar-refractivity contribution < 1.29 is 14.3 Å². The average Bonchev–Trinajstić information content (AvgIpc) is 3.42. The molecule has 0 radical (unpaired) electrons. The van der Waals surface area contributed by atoms with Crippen LogP contribution >= 0.6 is 11.3 Å². The second-order valence-electron chi connectivity index (χ2n) is 9.68. The second-order valence-corrected chi connectivity index (χ2v) is 10.7. The molecule has 2 aromatic carbocycles. The molecule has 196 valence electrons. The number of hydrogen-bond acceptors (Lipinski definition) is 4. The number of benzene rings is 2. The van der Waals surface area contributed by atoms with E-state index in [9.17, 15) is 9.59 Å². The van der Waals surface area contributed by atoms with Crippen molar-refractivity contribution in [2.24, 2.45) is 0 Å². The Labute approximate surface area is 225 Å². The van der Waals surface area contributed by atoms with Crippen molar-refractivity contribution in [1.29, 1.82) is 0 Å². The molecule has 0 fully saturated rings. The number of ether oxygens (including phenoxy) is 1. The van der Waals surface area contributed by atoms with E-state index in [2.05, 4.69) is 30.5 Å². The van der Waals surface area contributed by atoms with Gasteiger partial charge in [0.15, 0.2) is 0 Å². The fraction of sp³-hybridized carbons (Fsp3) is 0.419. The van der Waals surface area contributed by atoms with Crippen LogP contribution in [0.5, 0.6) is 0 Å². The van der Waals surface area contributed by atoms with Crippen LogP contribution in [0.15, 0.2) is 66.0 Å². The van der Waals surface area contributed by atoms with Crippen molar-refractivity contribution in [2.75, 3.05) is 33.4 Å². The first-order valence-electron chi connectivity index (χ1n) is 13.4. The molecule has 6 heteroatoms. The van der Waals surface area contributed by atoms with E-state index in [1.165, 1.54) is 41.7 Å². The van der Waals surface area contributed by atoms with E-state index in [0.29, 0.717) is 25.3 Å². The summed E-state index contributed by atoms with van der Waals surface area (Å²) in [7, 11) is 1.62. The predicted molar refractivity (Wildman–Crippen MR) is 150 cm³/mol. The Morgan fingerprint density at radius 2 is 1.81 bits per heavy atom.